The van der Waals surface area contributed by atoms with Gasteiger partial charge >= 0.3 is 0 Å². The summed E-state index contributed by atoms with van der Waals surface area (Å²) in [6.45, 7) is 3.67. The molecule has 0 radical (unpaired) electrons. The molecule has 2 aromatic rings. The average Bonchev–Trinajstić information content (AvgIpc) is 2.76. The van der Waals surface area contributed by atoms with E-state index in [1.165, 1.54) is 4.31 Å². The van der Waals surface area contributed by atoms with Crippen LogP contribution in [0.15, 0.2) is 47.4 Å². The number of piperidine rings is 1. The standard InChI is InChI=1S/C23H31N3O4S/c1-18-11-12-20(31(28,29)26-13-7-4-8-14-26)15-21(18)24-23(27)17-25(2)16-19-9-5-6-10-22(19)30-3/h5-6,9-12,15H,4,7-8,13-14,16-17H2,1-3H3,(H,24,27). The highest BCUT2D eigenvalue weighted by Gasteiger charge is 2.26. The third kappa shape index (κ3) is 5.84. The van der Waals surface area contributed by atoms with Gasteiger partial charge in [-0.2, -0.15) is 4.31 Å². The summed E-state index contributed by atoms with van der Waals surface area (Å²) in [6.07, 6.45) is 2.82. The van der Waals surface area contributed by atoms with Gasteiger partial charge in [-0.1, -0.05) is 30.7 Å². The number of nitrogens with one attached hydrogen (secondary N) is 1. The molecule has 0 aliphatic carbocycles. The number of para-hydroxylation sites is 1. The van der Waals surface area contributed by atoms with Gasteiger partial charge in [0.1, 0.15) is 5.75 Å². The number of rotatable bonds is 8. The number of aryl methyl sites for hydroxylation is 1. The molecule has 8 heteroatoms. The van der Waals surface area contributed by atoms with E-state index in [4.69, 9.17) is 4.74 Å². The maximum absolute atomic E-state index is 13.0. The van der Waals surface area contributed by atoms with Gasteiger partial charge in [0.05, 0.1) is 18.6 Å². The molecule has 0 bridgehead atoms. The molecule has 1 N–H and O–H groups in total. The van der Waals surface area contributed by atoms with Crippen LogP contribution in [0.2, 0.25) is 0 Å². The number of sulfonamides is 1. The number of nitrogens with zero attached hydrogens (tertiary/aromatic N) is 2. The molecular formula is C23H31N3O4S. The SMILES string of the molecule is COc1ccccc1CN(C)CC(=O)Nc1cc(S(=O)(=O)N2CCCCC2)ccc1C. The van der Waals surface area contributed by atoms with Crippen LogP contribution in [0.5, 0.6) is 5.75 Å². The second kappa shape index (κ2) is 10.3. The van der Waals surface area contributed by atoms with E-state index in [2.05, 4.69) is 5.32 Å². The van der Waals surface area contributed by atoms with Crippen molar-refractivity contribution in [1.82, 2.24) is 9.21 Å². The Labute approximate surface area is 185 Å². The second-order valence-electron chi connectivity index (χ2n) is 7.97. The van der Waals surface area contributed by atoms with Gasteiger partial charge in [-0.05, 0) is 50.6 Å². The van der Waals surface area contributed by atoms with Crippen molar-refractivity contribution >= 4 is 21.6 Å². The molecule has 3 rings (SSSR count). The normalized spacial score (nSPS) is 15.1. The molecule has 1 amide bonds. The number of methoxy groups -OCH3 is 1. The Morgan fingerprint density at radius 3 is 2.55 bits per heavy atom. The maximum atomic E-state index is 13.0. The molecule has 0 unspecified atom stereocenters. The van der Waals surface area contributed by atoms with Crippen LogP contribution in [0, 0.1) is 6.92 Å². The van der Waals surface area contributed by atoms with Crippen molar-refractivity contribution in [2.45, 2.75) is 37.6 Å². The topological polar surface area (TPSA) is 79.0 Å². The first kappa shape index (κ1) is 23.2. The molecule has 1 aliphatic rings. The highest BCUT2D eigenvalue weighted by atomic mass is 32.2. The lowest BCUT2D eigenvalue weighted by molar-refractivity contribution is -0.117. The fourth-order valence-corrected chi connectivity index (χ4v) is 5.31. The van der Waals surface area contributed by atoms with Crippen molar-refractivity contribution in [3.05, 3.63) is 53.6 Å². The van der Waals surface area contributed by atoms with Gasteiger partial charge < -0.3 is 10.1 Å². The third-order valence-corrected chi connectivity index (χ3v) is 7.38. The summed E-state index contributed by atoms with van der Waals surface area (Å²) >= 11 is 0. The maximum Gasteiger partial charge on any atom is 0.243 e. The summed E-state index contributed by atoms with van der Waals surface area (Å²) in [7, 11) is -0.0693. The highest BCUT2D eigenvalue weighted by Crippen LogP contribution is 2.25. The van der Waals surface area contributed by atoms with Gasteiger partial charge in [0.25, 0.3) is 0 Å². The molecule has 31 heavy (non-hydrogen) atoms. The van der Waals surface area contributed by atoms with Crippen LogP contribution < -0.4 is 10.1 Å². The first-order valence-corrected chi connectivity index (χ1v) is 12.0. The Morgan fingerprint density at radius 1 is 1.13 bits per heavy atom. The second-order valence-corrected chi connectivity index (χ2v) is 9.91. The molecule has 0 atom stereocenters. The fraction of sp³-hybridized carbons (Fsp3) is 0.435. The smallest absolute Gasteiger partial charge is 0.243 e. The van der Waals surface area contributed by atoms with Crippen molar-refractivity contribution in [2.24, 2.45) is 0 Å². The lowest BCUT2D eigenvalue weighted by Gasteiger charge is -2.26. The zero-order chi connectivity index (χ0) is 22.4. The molecule has 0 aromatic heterocycles. The van der Waals surface area contributed by atoms with Crippen molar-refractivity contribution in [3.63, 3.8) is 0 Å². The Bertz CT molecular complexity index is 1020. The van der Waals surface area contributed by atoms with E-state index < -0.39 is 10.0 Å². The number of carbonyl (C=O) groups excluding carboxylic acids is 1. The minimum Gasteiger partial charge on any atom is -0.496 e. The number of hydrogen-bond acceptors (Lipinski definition) is 5. The van der Waals surface area contributed by atoms with Crippen LogP contribution in [0.1, 0.15) is 30.4 Å². The predicted octanol–water partition coefficient (Wildman–Crippen LogP) is 3.25. The van der Waals surface area contributed by atoms with Crippen LogP contribution >= 0.6 is 0 Å². The number of carbonyl (C=O) groups is 1. The number of likely N-dealkylation sites (N-methyl/N-ethyl adjacent to an activating group) is 1. The van der Waals surface area contributed by atoms with Crippen LogP contribution in [-0.2, 0) is 21.4 Å². The summed E-state index contributed by atoms with van der Waals surface area (Å²) in [5.74, 6) is 0.578. The van der Waals surface area contributed by atoms with Gasteiger partial charge in [-0.3, -0.25) is 9.69 Å². The van der Waals surface area contributed by atoms with Crippen LogP contribution in [0.25, 0.3) is 0 Å². The fourth-order valence-electron chi connectivity index (χ4n) is 3.77. The van der Waals surface area contributed by atoms with Crippen molar-refractivity contribution in [1.29, 1.82) is 0 Å². The molecule has 1 aliphatic heterocycles. The number of benzene rings is 2. The zero-order valence-electron chi connectivity index (χ0n) is 18.4. The van der Waals surface area contributed by atoms with Gasteiger partial charge in [-0.25, -0.2) is 8.42 Å². The number of anilines is 1. The monoisotopic (exact) mass is 445 g/mol. The summed E-state index contributed by atoms with van der Waals surface area (Å²) in [5.41, 5.74) is 2.33. The summed E-state index contributed by atoms with van der Waals surface area (Å²) < 4.78 is 32.8. The van der Waals surface area contributed by atoms with Crippen LogP contribution in [-0.4, -0.2) is 57.3 Å². The molecule has 1 heterocycles. The van der Waals surface area contributed by atoms with E-state index in [0.717, 1.165) is 36.1 Å². The first-order valence-electron chi connectivity index (χ1n) is 10.5. The van der Waals surface area contributed by atoms with Crippen molar-refractivity contribution in [2.75, 3.05) is 39.1 Å². The minimum atomic E-state index is -3.55. The molecule has 168 valence electrons. The third-order valence-electron chi connectivity index (χ3n) is 5.48. The molecule has 0 saturated carbocycles. The van der Waals surface area contributed by atoms with E-state index in [1.807, 2.05) is 43.1 Å². The molecular weight excluding hydrogens is 414 g/mol. The Balaban J connectivity index is 1.67. The minimum absolute atomic E-state index is 0.167. The molecule has 1 saturated heterocycles. The lowest BCUT2D eigenvalue weighted by Crippen LogP contribution is -2.35. The van der Waals surface area contributed by atoms with E-state index in [-0.39, 0.29) is 17.3 Å². The van der Waals surface area contributed by atoms with Gasteiger partial charge in [0.2, 0.25) is 15.9 Å². The van der Waals surface area contributed by atoms with Gasteiger partial charge in [-0.15, -0.1) is 0 Å². The Hall–Kier alpha value is -2.42. The van der Waals surface area contributed by atoms with E-state index in [0.29, 0.717) is 25.3 Å². The largest absolute Gasteiger partial charge is 0.496 e. The molecule has 0 spiro atoms. The predicted molar refractivity (Wildman–Crippen MR) is 122 cm³/mol. The zero-order valence-corrected chi connectivity index (χ0v) is 19.2. The van der Waals surface area contributed by atoms with E-state index in [1.54, 1.807) is 25.3 Å². The first-order chi connectivity index (χ1) is 14.8. The number of hydrogen-bond donors (Lipinski definition) is 1. The van der Waals surface area contributed by atoms with Crippen molar-refractivity contribution < 1.29 is 17.9 Å². The summed E-state index contributed by atoms with van der Waals surface area (Å²) in [4.78, 5) is 14.7. The lowest BCUT2D eigenvalue weighted by atomic mass is 10.2. The van der Waals surface area contributed by atoms with E-state index in [9.17, 15) is 13.2 Å². The van der Waals surface area contributed by atoms with Gasteiger partial charge in [0, 0.05) is 30.9 Å². The van der Waals surface area contributed by atoms with Crippen molar-refractivity contribution in [3.8, 4) is 5.75 Å². The highest BCUT2D eigenvalue weighted by molar-refractivity contribution is 7.89. The van der Waals surface area contributed by atoms with Crippen LogP contribution in [0.3, 0.4) is 0 Å². The molecule has 1 fully saturated rings. The summed E-state index contributed by atoms with van der Waals surface area (Å²) in [5, 5.41) is 2.88. The molecule has 2 aromatic carbocycles. The number of amides is 1. The quantitative estimate of drug-likeness (QED) is 0.675. The average molecular weight is 446 g/mol. The Kier molecular flexibility index (Phi) is 7.69. The number of ether oxygens (including phenoxy) is 1. The Morgan fingerprint density at radius 2 is 1.84 bits per heavy atom. The van der Waals surface area contributed by atoms with Gasteiger partial charge in [0.15, 0.2) is 0 Å². The van der Waals surface area contributed by atoms with E-state index >= 15 is 0 Å². The van der Waals surface area contributed by atoms with Crippen LogP contribution in [0.4, 0.5) is 5.69 Å². The summed E-state index contributed by atoms with van der Waals surface area (Å²) in [6, 6.07) is 12.6. The molecule has 7 nitrogen and oxygen atoms in total.